The van der Waals surface area contributed by atoms with Gasteiger partial charge < -0.3 is 10.2 Å². The smallest absolute Gasteiger partial charge is 0.250 e. The third-order valence-corrected chi connectivity index (χ3v) is 7.42. The summed E-state index contributed by atoms with van der Waals surface area (Å²) in [5.41, 5.74) is 1.21. The number of amides is 1. The van der Waals surface area contributed by atoms with Crippen LogP contribution in [0.15, 0.2) is 77.4 Å². The lowest BCUT2D eigenvalue weighted by molar-refractivity contribution is -0.125. The van der Waals surface area contributed by atoms with Crippen LogP contribution in [-0.4, -0.2) is 22.1 Å². The van der Waals surface area contributed by atoms with Gasteiger partial charge >= 0.3 is 0 Å². The highest BCUT2D eigenvalue weighted by molar-refractivity contribution is 9.10. The Morgan fingerprint density at radius 1 is 0.971 bits per heavy atom. The largest absolute Gasteiger partial charge is 0.359 e. The molecular weight excluding hydrogens is 559 g/mol. The highest BCUT2D eigenvalue weighted by Crippen LogP contribution is 2.33. The average molecular weight is 579 g/mol. The molecule has 1 heterocycles. The van der Waals surface area contributed by atoms with Crippen LogP contribution in [0.4, 0.5) is 5.69 Å². The second kappa shape index (κ2) is 10.1. The molecular formula is C26H20BrCl3N2O2. The Kier molecular flexibility index (Phi) is 7.39. The van der Waals surface area contributed by atoms with Crippen molar-refractivity contribution in [3.8, 4) is 0 Å². The van der Waals surface area contributed by atoms with Gasteiger partial charge in [-0.25, -0.2) is 0 Å². The Morgan fingerprint density at radius 2 is 1.74 bits per heavy atom. The Labute approximate surface area is 221 Å². The molecule has 34 heavy (non-hydrogen) atoms. The van der Waals surface area contributed by atoms with Crippen LogP contribution in [-0.2, 0) is 11.3 Å². The fraction of sp³-hybridized carbons (Fsp3) is 0.154. The lowest BCUT2D eigenvalue weighted by Gasteiger charge is -2.35. The van der Waals surface area contributed by atoms with Crippen molar-refractivity contribution in [1.82, 2.24) is 4.90 Å². The van der Waals surface area contributed by atoms with Crippen LogP contribution < -0.4 is 5.32 Å². The van der Waals surface area contributed by atoms with E-state index in [9.17, 15) is 9.59 Å². The van der Waals surface area contributed by atoms with E-state index in [4.69, 9.17) is 34.8 Å². The molecule has 0 bridgehead atoms. The maximum atomic E-state index is 13.5. The molecule has 0 saturated carbocycles. The van der Waals surface area contributed by atoms with Gasteiger partial charge in [-0.2, -0.15) is 0 Å². The van der Waals surface area contributed by atoms with E-state index in [1.54, 1.807) is 54.6 Å². The zero-order chi connectivity index (χ0) is 24.5. The SMILES string of the molecule is C[C@]1(C(=O)Nc2ccc(Br)cc2C(=O)c2ccccc2Cl)CC=CN1Cc1ccc(Cl)c(Cl)c1. The van der Waals surface area contributed by atoms with Gasteiger partial charge in [0, 0.05) is 22.1 Å². The monoisotopic (exact) mass is 576 g/mol. The van der Waals surface area contributed by atoms with Gasteiger partial charge in [-0.3, -0.25) is 9.59 Å². The van der Waals surface area contributed by atoms with Crippen LogP contribution in [0.2, 0.25) is 15.1 Å². The highest BCUT2D eigenvalue weighted by Gasteiger charge is 2.40. The number of nitrogens with one attached hydrogen (secondary N) is 1. The van der Waals surface area contributed by atoms with Crippen LogP contribution in [0.1, 0.15) is 34.8 Å². The van der Waals surface area contributed by atoms with Gasteiger partial charge in [0.05, 0.1) is 20.8 Å². The van der Waals surface area contributed by atoms with E-state index in [1.807, 2.05) is 30.2 Å². The number of hydrogen-bond donors (Lipinski definition) is 1. The van der Waals surface area contributed by atoms with Gasteiger partial charge in [-0.15, -0.1) is 0 Å². The summed E-state index contributed by atoms with van der Waals surface area (Å²) in [6.07, 6.45) is 4.37. The molecule has 4 nitrogen and oxygen atoms in total. The highest BCUT2D eigenvalue weighted by atomic mass is 79.9. The molecule has 3 aromatic carbocycles. The van der Waals surface area contributed by atoms with E-state index in [0.717, 1.165) is 10.0 Å². The summed E-state index contributed by atoms with van der Waals surface area (Å²) in [6, 6.07) is 17.4. The molecule has 0 saturated heterocycles. The number of carbonyl (C=O) groups is 2. The molecule has 0 aromatic heterocycles. The number of ketones is 1. The van der Waals surface area contributed by atoms with E-state index in [0.29, 0.717) is 44.8 Å². The molecule has 3 aromatic rings. The van der Waals surface area contributed by atoms with Crippen molar-refractivity contribution in [1.29, 1.82) is 0 Å². The fourth-order valence-electron chi connectivity index (χ4n) is 3.84. The molecule has 0 unspecified atom stereocenters. The van der Waals surface area contributed by atoms with E-state index in [1.165, 1.54) is 0 Å². The topological polar surface area (TPSA) is 49.4 Å². The average Bonchev–Trinajstić information content (AvgIpc) is 3.18. The Balaban J connectivity index is 1.60. The molecule has 0 radical (unpaired) electrons. The lowest BCUT2D eigenvalue weighted by Crippen LogP contribution is -2.49. The summed E-state index contributed by atoms with van der Waals surface area (Å²) in [5.74, 6) is -0.502. The predicted molar refractivity (Wildman–Crippen MR) is 142 cm³/mol. The first-order valence-corrected chi connectivity index (χ1v) is 12.4. The molecule has 1 amide bonds. The first kappa shape index (κ1) is 24.8. The Bertz CT molecular complexity index is 1310. The van der Waals surface area contributed by atoms with Crippen LogP contribution in [0.3, 0.4) is 0 Å². The van der Waals surface area contributed by atoms with Gasteiger partial charge in [0.25, 0.3) is 0 Å². The van der Waals surface area contributed by atoms with E-state index < -0.39 is 5.54 Å². The number of hydrogen-bond acceptors (Lipinski definition) is 3. The van der Waals surface area contributed by atoms with Crippen LogP contribution >= 0.6 is 50.7 Å². The van der Waals surface area contributed by atoms with E-state index in [-0.39, 0.29) is 11.7 Å². The van der Waals surface area contributed by atoms with Gasteiger partial charge in [-0.05, 0) is 67.6 Å². The van der Waals surface area contributed by atoms with Gasteiger partial charge in [-0.1, -0.05) is 75.0 Å². The Morgan fingerprint density at radius 3 is 2.47 bits per heavy atom. The molecule has 0 aliphatic carbocycles. The third kappa shape index (κ3) is 5.03. The quantitative estimate of drug-likeness (QED) is 0.304. The van der Waals surface area contributed by atoms with Gasteiger partial charge in [0.1, 0.15) is 5.54 Å². The lowest BCUT2D eigenvalue weighted by atomic mass is 9.95. The zero-order valence-electron chi connectivity index (χ0n) is 18.1. The second-order valence-electron chi connectivity index (χ2n) is 8.19. The standard InChI is InChI=1S/C26H20BrCl3N2O2/c1-26(11-4-12-32(26)15-16-7-9-21(29)22(30)13-16)25(34)31-23-10-8-17(27)14-19(23)24(33)18-5-2-3-6-20(18)28/h2-10,12-14H,11,15H2,1H3,(H,31,34)/t26-/m1/s1. The first-order chi connectivity index (χ1) is 16.2. The number of rotatable bonds is 6. The molecule has 0 fully saturated rings. The first-order valence-electron chi connectivity index (χ1n) is 10.5. The second-order valence-corrected chi connectivity index (χ2v) is 10.3. The molecule has 174 valence electrons. The normalized spacial score (nSPS) is 17.1. The number of nitrogens with zero attached hydrogens (tertiary/aromatic N) is 1. The molecule has 8 heteroatoms. The van der Waals surface area contributed by atoms with Crippen molar-refractivity contribution in [2.45, 2.75) is 25.4 Å². The summed E-state index contributed by atoms with van der Waals surface area (Å²) < 4.78 is 0.718. The zero-order valence-corrected chi connectivity index (χ0v) is 22.0. The maximum absolute atomic E-state index is 13.5. The van der Waals surface area contributed by atoms with Gasteiger partial charge in [0.2, 0.25) is 5.91 Å². The Hall–Kier alpha value is -2.31. The number of carbonyl (C=O) groups excluding carboxylic acids is 2. The number of benzene rings is 3. The van der Waals surface area contributed by atoms with Crippen molar-refractivity contribution in [3.63, 3.8) is 0 Å². The minimum atomic E-state index is -0.857. The van der Waals surface area contributed by atoms with Crippen molar-refractivity contribution in [2.75, 3.05) is 5.32 Å². The molecule has 1 aliphatic heterocycles. The summed E-state index contributed by atoms with van der Waals surface area (Å²) in [5, 5.41) is 4.27. The maximum Gasteiger partial charge on any atom is 0.250 e. The molecule has 1 atom stereocenters. The minimum Gasteiger partial charge on any atom is -0.359 e. The molecule has 4 rings (SSSR count). The van der Waals surface area contributed by atoms with Crippen molar-refractivity contribution in [2.24, 2.45) is 0 Å². The summed E-state index contributed by atoms with van der Waals surface area (Å²) in [7, 11) is 0. The van der Waals surface area contributed by atoms with E-state index in [2.05, 4.69) is 21.2 Å². The molecule has 1 N–H and O–H groups in total. The number of halogens is 4. The summed E-state index contributed by atoms with van der Waals surface area (Å²) >= 11 is 21.9. The van der Waals surface area contributed by atoms with Crippen LogP contribution in [0.25, 0.3) is 0 Å². The third-order valence-electron chi connectivity index (χ3n) is 5.85. The molecule has 1 aliphatic rings. The summed E-state index contributed by atoms with van der Waals surface area (Å²) in [4.78, 5) is 28.8. The summed E-state index contributed by atoms with van der Waals surface area (Å²) in [6.45, 7) is 2.34. The van der Waals surface area contributed by atoms with Crippen molar-refractivity contribution in [3.05, 3.63) is 109 Å². The minimum absolute atomic E-state index is 0.229. The predicted octanol–water partition coefficient (Wildman–Crippen LogP) is 7.76. The fourth-order valence-corrected chi connectivity index (χ4v) is 4.74. The number of anilines is 1. The van der Waals surface area contributed by atoms with Crippen molar-refractivity contribution < 1.29 is 9.59 Å². The van der Waals surface area contributed by atoms with Crippen LogP contribution in [0, 0.1) is 0 Å². The van der Waals surface area contributed by atoms with Gasteiger partial charge in [0.15, 0.2) is 5.78 Å². The molecule has 0 spiro atoms. The van der Waals surface area contributed by atoms with Crippen molar-refractivity contribution >= 4 is 68.1 Å². The van der Waals surface area contributed by atoms with E-state index >= 15 is 0 Å². The van der Waals surface area contributed by atoms with Crippen LogP contribution in [0.5, 0.6) is 0 Å².